The van der Waals surface area contributed by atoms with Crippen LogP contribution in [-0.2, 0) is 0 Å². The van der Waals surface area contributed by atoms with Crippen LogP contribution in [0, 0.1) is 11.3 Å². The smallest absolute Gasteiger partial charge is 0.137 e. The Hall–Kier alpha value is -1.53. The summed E-state index contributed by atoms with van der Waals surface area (Å²) in [5.41, 5.74) is 0.618. The van der Waals surface area contributed by atoms with Crippen LogP contribution in [0.4, 0.5) is 0 Å². The van der Waals surface area contributed by atoms with Crippen molar-refractivity contribution in [3.63, 3.8) is 0 Å². The summed E-state index contributed by atoms with van der Waals surface area (Å²) in [5, 5.41) is 8.94. The van der Waals surface area contributed by atoms with E-state index in [4.69, 9.17) is 10.00 Å². The minimum absolute atomic E-state index is 0.618. The van der Waals surface area contributed by atoms with Gasteiger partial charge in [0.05, 0.1) is 12.2 Å². The van der Waals surface area contributed by atoms with E-state index in [0.29, 0.717) is 17.9 Å². The summed E-state index contributed by atoms with van der Waals surface area (Å²) < 4.78 is 5.67. The highest BCUT2D eigenvalue weighted by Gasteiger charge is 2.19. The van der Waals surface area contributed by atoms with Crippen LogP contribution in [0.3, 0.4) is 0 Å². The largest absolute Gasteiger partial charge is 0.492 e. The summed E-state index contributed by atoms with van der Waals surface area (Å²) in [6, 6.07) is 10.3. The number of nitrogens with zero attached hydrogens (tertiary/aromatic N) is 2. The highest BCUT2D eigenvalue weighted by Crippen LogP contribution is 2.18. The van der Waals surface area contributed by atoms with Gasteiger partial charge in [0.15, 0.2) is 0 Å². The molecule has 1 unspecified atom stereocenters. The van der Waals surface area contributed by atoms with Crippen molar-refractivity contribution in [1.82, 2.24) is 4.90 Å². The number of nitriles is 1. The molecular weight excluding hydrogens is 224 g/mol. The first-order valence-corrected chi connectivity index (χ1v) is 6.67. The summed E-state index contributed by atoms with van der Waals surface area (Å²) in [6.45, 7) is 5.28. The first-order chi connectivity index (χ1) is 8.81. The van der Waals surface area contributed by atoms with Crippen molar-refractivity contribution in [2.24, 2.45) is 0 Å². The molecule has 0 N–H and O–H groups in total. The van der Waals surface area contributed by atoms with Crippen LogP contribution in [0.5, 0.6) is 5.75 Å². The van der Waals surface area contributed by atoms with Gasteiger partial charge in [-0.05, 0) is 44.9 Å². The molecule has 1 aromatic carbocycles. The molecule has 1 fully saturated rings. The quantitative estimate of drug-likeness (QED) is 0.747. The fourth-order valence-corrected chi connectivity index (χ4v) is 2.46. The van der Waals surface area contributed by atoms with Gasteiger partial charge in [0.2, 0.25) is 0 Å². The lowest BCUT2D eigenvalue weighted by Gasteiger charge is -2.20. The average molecular weight is 244 g/mol. The lowest BCUT2D eigenvalue weighted by molar-refractivity contribution is 0.230. The third-order valence-electron chi connectivity index (χ3n) is 3.55. The average Bonchev–Trinajstić information content (AvgIpc) is 2.81. The summed E-state index contributed by atoms with van der Waals surface area (Å²) in [7, 11) is 0. The first-order valence-electron chi connectivity index (χ1n) is 6.67. The normalized spacial score (nSPS) is 19.7. The lowest BCUT2D eigenvalue weighted by Crippen LogP contribution is -2.28. The summed E-state index contributed by atoms with van der Waals surface area (Å²) in [5.74, 6) is 0.703. The second-order valence-electron chi connectivity index (χ2n) is 4.84. The van der Waals surface area contributed by atoms with Crippen LogP contribution in [0.2, 0.25) is 0 Å². The molecule has 0 saturated carbocycles. The molecule has 0 bridgehead atoms. The fourth-order valence-electron chi connectivity index (χ4n) is 2.46. The van der Waals surface area contributed by atoms with E-state index in [0.717, 1.165) is 19.0 Å². The summed E-state index contributed by atoms with van der Waals surface area (Å²) in [4.78, 5) is 2.51. The van der Waals surface area contributed by atoms with Gasteiger partial charge in [0.25, 0.3) is 0 Å². The Morgan fingerprint density at radius 1 is 1.44 bits per heavy atom. The second kappa shape index (κ2) is 6.42. The number of ether oxygens (including phenoxy) is 1. The van der Waals surface area contributed by atoms with Crippen LogP contribution in [0.15, 0.2) is 24.3 Å². The Morgan fingerprint density at radius 3 is 3.00 bits per heavy atom. The molecule has 1 heterocycles. The topological polar surface area (TPSA) is 36.3 Å². The van der Waals surface area contributed by atoms with E-state index in [-0.39, 0.29) is 0 Å². The number of likely N-dealkylation sites (tertiary alicyclic amines) is 1. The third kappa shape index (κ3) is 3.24. The minimum Gasteiger partial charge on any atom is -0.492 e. The van der Waals surface area contributed by atoms with Crippen molar-refractivity contribution >= 4 is 0 Å². The molecule has 1 aromatic rings. The molecule has 0 radical (unpaired) electrons. The van der Waals surface area contributed by atoms with E-state index in [1.165, 1.54) is 19.4 Å². The first kappa shape index (κ1) is 12.9. The molecule has 1 aliphatic heterocycles. The van der Waals surface area contributed by atoms with E-state index in [2.05, 4.69) is 17.9 Å². The molecule has 96 valence electrons. The van der Waals surface area contributed by atoms with Crippen molar-refractivity contribution < 1.29 is 4.74 Å². The van der Waals surface area contributed by atoms with Gasteiger partial charge in [0.1, 0.15) is 11.8 Å². The minimum atomic E-state index is 0.618. The van der Waals surface area contributed by atoms with Gasteiger partial charge in [-0.3, -0.25) is 0 Å². The Morgan fingerprint density at radius 2 is 2.28 bits per heavy atom. The molecule has 1 saturated heterocycles. The molecule has 1 aliphatic rings. The van der Waals surface area contributed by atoms with E-state index in [1.807, 2.05) is 18.2 Å². The predicted molar refractivity (Wildman–Crippen MR) is 71.5 cm³/mol. The van der Waals surface area contributed by atoms with Crippen molar-refractivity contribution in [1.29, 1.82) is 5.26 Å². The molecule has 1 atom stereocenters. The number of rotatable bonds is 5. The van der Waals surface area contributed by atoms with Gasteiger partial charge in [-0.1, -0.05) is 12.1 Å². The summed E-state index contributed by atoms with van der Waals surface area (Å²) in [6.07, 6.45) is 3.65. The van der Waals surface area contributed by atoms with Gasteiger partial charge >= 0.3 is 0 Å². The van der Waals surface area contributed by atoms with E-state index >= 15 is 0 Å². The molecule has 0 aromatic heterocycles. The number of benzene rings is 1. The molecule has 0 amide bonds. The van der Waals surface area contributed by atoms with E-state index < -0.39 is 0 Å². The number of hydrogen-bond donors (Lipinski definition) is 0. The molecular formula is C15H20N2O. The molecule has 18 heavy (non-hydrogen) atoms. The Balaban J connectivity index is 1.74. The van der Waals surface area contributed by atoms with Crippen LogP contribution >= 0.6 is 0 Å². The number of para-hydroxylation sites is 1. The van der Waals surface area contributed by atoms with Crippen LogP contribution in [0.25, 0.3) is 0 Å². The summed E-state index contributed by atoms with van der Waals surface area (Å²) >= 11 is 0. The van der Waals surface area contributed by atoms with Crippen molar-refractivity contribution in [2.45, 2.75) is 32.2 Å². The van der Waals surface area contributed by atoms with Crippen molar-refractivity contribution in [2.75, 3.05) is 19.7 Å². The molecule has 0 spiro atoms. The van der Waals surface area contributed by atoms with Crippen molar-refractivity contribution in [3.05, 3.63) is 29.8 Å². The SMILES string of the molecule is CC1CCCN1CCCOc1ccccc1C#N. The maximum atomic E-state index is 8.94. The highest BCUT2D eigenvalue weighted by atomic mass is 16.5. The van der Waals surface area contributed by atoms with Crippen LogP contribution in [-0.4, -0.2) is 30.6 Å². The molecule has 3 nitrogen and oxygen atoms in total. The van der Waals surface area contributed by atoms with Gasteiger partial charge in [0, 0.05) is 12.6 Å². The fraction of sp³-hybridized carbons (Fsp3) is 0.533. The predicted octanol–water partition coefficient (Wildman–Crippen LogP) is 2.81. The maximum Gasteiger partial charge on any atom is 0.137 e. The zero-order chi connectivity index (χ0) is 12.8. The zero-order valence-electron chi connectivity index (χ0n) is 10.9. The van der Waals surface area contributed by atoms with E-state index in [1.54, 1.807) is 6.07 Å². The van der Waals surface area contributed by atoms with Crippen molar-refractivity contribution in [3.8, 4) is 11.8 Å². The monoisotopic (exact) mass is 244 g/mol. The van der Waals surface area contributed by atoms with Crippen LogP contribution < -0.4 is 4.74 Å². The Bertz CT molecular complexity index is 425. The van der Waals surface area contributed by atoms with Crippen LogP contribution in [0.1, 0.15) is 31.7 Å². The third-order valence-corrected chi connectivity index (χ3v) is 3.55. The van der Waals surface area contributed by atoms with E-state index in [9.17, 15) is 0 Å². The van der Waals surface area contributed by atoms with Gasteiger partial charge in [-0.25, -0.2) is 0 Å². The highest BCUT2D eigenvalue weighted by molar-refractivity contribution is 5.42. The van der Waals surface area contributed by atoms with Gasteiger partial charge in [-0.2, -0.15) is 5.26 Å². The van der Waals surface area contributed by atoms with Gasteiger partial charge < -0.3 is 9.64 Å². The number of hydrogen-bond acceptors (Lipinski definition) is 3. The Labute approximate surface area is 109 Å². The standard InChI is InChI=1S/C15H20N2O/c1-13-6-4-9-17(13)10-5-11-18-15-8-3-2-7-14(15)12-16/h2-3,7-8,13H,4-6,9-11H2,1H3. The molecule has 3 heteroatoms. The second-order valence-corrected chi connectivity index (χ2v) is 4.84. The molecule has 2 rings (SSSR count). The molecule has 0 aliphatic carbocycles. The zero-order valence-corrected chi connectivity index (χ0v) is 10.9. The Kier molecular flexibility index (Phi) is 4.60. The maximum absolute atomic E-state index is 8.94. The van der Waals surface area contributed by atoms with Gasteiger partial charge in [-0.15, -0.1) is 0 Å². The lowest BCUT2D eigenvalue weighted by atomic mass is 10.2.